The molecule has 2 amide bonds. The van der Waals surface area contributed by atoms with Gasteiger partial charge < -0.3 is 10.6 Å². The third kappa shape index (κ3) is 5.77. The Bertz CT molecular complexity index is 792. The summed E-state index contributed by atoms with van der Waals surface area (Å²) in [7, 11) is 0. The molecule has 8 heteroatoms. The van der Waals surface area contributed by atoms with Crippen LogP contribution in [-0.4, -0.2) is 11.8 Å². The number of halogens is 4. The topological polar surface area (TPSA) is 58.2 Å². The van der Waals surface area contributed by atoms with Crippen molar-refractivity contribution in [1.29, 1.82) is 0 Å². The molecule has 0 aromatic heterocycles. The molecule has 0 unspecified atom stereocenters. The molecule has 0 saturated carbocycles. The maximum absolute atomic E-state index is 12.7. The zero-order valence-electron chi connectivity index (χ0n) is 13.7. The highest BCUT2D eigenvalue weighted by Gasteiger charge is 2.30. The molecule has 0 fully saturated rings. The second-order valence-corrected chi connectivity index (χ2v) is 6.07. The van der Waals surface area contributed by atoms with Crippen LogP contribution in [0.15, 0.2) is 48.5 Å². The van der Waals surface area contributed by atoms with E-state index in [2.05, 4.69) is 10.6 Å². The summed E-state index contributed by atoms with van der Waals surface area (Å²) in [6, 6.07) is 10.3. The van der Waals surface area contributed by atoms with Crippen LogP contribution in [0.2, 0.25) is 5.02 Å². The molecule has 4 nitrogen and oxygen atoms in total. The van der Waals surface area contributed by atoms with Crippen molar-refractivity contribution in [3.05, 3.63) is 64.7 Å². The fourth-order valence-corrected chi connectivity index (χ4v) is 2.49. The first-order chi connectivity index (χ1) is 12.1. The second kappa shape index (κ2) is 8.23. The molecular formula is C18H16ClF3N2O2. The normalized spacial score (nSPS) is 12.3. The van der Waals surface area contributed by atoms with Crippen LogP contribution < -0.4 is 10.6 Å². The Balaban J connectivity index is 2.12. The van der Waals surface area contributed by atoms with E-state index in [1.165, 1.54) is 19.1 Å². The van der Waals surface area contributed by atoms with Crippen molar-refractivity contribution in [3.8, 4) is 0 Å². The minimum atomic E-state index is -4.50. The molecule has 138 valence electrons. The van der Waals surface area contributed by atoms with Crippen LogP contribution in [0.4, 0.5) is 18.9 Å². The van der Waals surface area contributed by atoms with Crippen LogP contribution in [0.1, 0.15) is 30.5 Å². The first-order valence-corrected chi connectivity index (χ1v) is 8.02. The van der Waals surface area contributed by atoms with Crippen molar-refractivity contribution in [2.75, 3.05) is 5.32 Å². The van der Waals surface area contributed by atoms with Gasteiger partial charge in [0, 0.05) is 17.6 Å². The van der Waals surface area contributed by atoms with Gasteiger partial charge in [-0.15, -0.1) is 0 Å². The van der Waals surface area contributed by atoms with Crippen molar-refractivity contribution in [2.45, 2.75) is 25.6 Å². The van der Waals surface area contributed by atoms with Crippen molar-refractivity contribution in [1.82, 2.24) is 5.32 Å². The summed E-state index contributed by atoms with van der Waals surface area (Å²) in [6.45, 7) is 1.31. The van der Waals surface area contributed by atoms with E-state index >= 15 is 0 Å². The van der Waals surface area contributed by atoms with Crippen molar-refractivity contribution >= 4 is 29.1 Å². The van der Waals surface area contributed by atoms with Crippen LogP contribution in [0.5, 0.6) is 0 Å². The first-order valence-electron chi connectivity index (χ1n) is 7.65. The largest absolute Gasteiger partial charge is 0.416 e. The molecule has 0 aliphatic carbocycles. The van der Waals surface area contributed by atoms with Gasteiger partial charge in [-0.1, -0.05) is 29.8 Å². The van der Waals surface area contributed by atoms with E-state index < -0.39 is 23.7 Å². The lowest BCUT2D eigenvalue weighted by molar-refractivity contribution is -0.137. The second-order valence-electron chi connectivity index (χ2n) is 5.64. The average molecular weight is 385 g/mol. The quantitative estimate of drug-likeness (QED) is 0.793. The molecule has 0 aliphatic rings. The zero-order valence-corrected chi connectivity index (χ0v) is 14.5. The lowest BCUT2D eigenvalue weighted by Crippen LogP contribution is -2.29. The maximum atomic E-state index is 12.7. The number of carbonyl (C=O) groups excluding carboxylic acids is 2. The van der Waals surface area contributed by atoms with E-state index in [4.69, 9.17) is 11.6 Å². The number of nitrogens with one attached hydrogen (secondary N) is 2. The molecule has 0 aliphatic heterocycles. The van der Waals surface area contributed by atoms with E-state index in [1.807, 2.05) is 0 Å². The summed E-state index contributed by atoms with van der Waals surface area (Å²) in [5.41, 5.74) is -0.169. The number of rotatable bonds is 5. The van der Waals surface area contributed by atoms with Crippen LogP contribution in [0.25, 0.3) is 0 Å². The molecule has 0 spiro atoms. The van der Waals surface area contributed by atoms with Gasteiger partial charge in [-0.05, 0) is 35.9 Å². The van der Waals surface area contributed by atoms with Crippen molar-refractivity contribution in [2.24, 2.45) is 0 Å². The Morgan fingerprint density at radius 1 is 1.12 bits per heavy atom. The Hall–Kier alpha value is -2.54. The Morgan fingerprint density at radius 2 is 1.77 bits per heavy atom. The number of amides is 2. The number of anilines is 1. The predicted molar refractivity (Wildman–Crippen MR) is 92.7 cm³/mol. The lowest BCUT2D eigenvalue weighted by Gasteiger charge is -2.18. The maximum Gasteiger partial charge on any atom is 0.416 e. The lowest BCUT2D eigenvalue weighted by atomic mass is 10.0. The van der Waals surface area contributed by atoms with Gasteiger partial charge in [0.25, 0.3) is 0 Å². The molecule has 1 atom stereocenters. The molecular weight excluding hydrogens is 369 g/mol. The average Bonchev–Trinajstić information content (AvgIpc) is 2.54. The number of carbonyl (C=O) groups is 2. The van der Waals surface area contributed by atoms with Crippen molar-refractivity contribution < 1.29 is 22.8 Å². The van der Waals surface area contributed by atoms with Gasteiger partial charge in [0.1, 0.15) is 0 Å². The molecule has 26 heavy (non-hydrogen) atoms. The molecule has 0 radical (unpaired) electrons. The molecule has 0 heterocycles. The number of hydrogen-bond donors (Lipinski definition) is 2. The smallest absolute Gasteiger partial charge is 0.349 e. The van der Waals surface area contributed by atoms with Crippen molar-refractivity contribution in [3.63, 3.8) is 0 Å². The summed E-state index contributed by atoms with van der Waals surface area (Å²) in [5, 5.41) is 5.57. The highest BCUT2D eigenvalue weighted by Crippen LogP contribution is 2.30. The van der Waals surface area contributed by atoms with Gasteiger partial charge in [-0.2, -0.15) is 13.2 Å². The van der Waals surface area contributed by atoms with Crippen LogP contribution in [-0.2, 0) is 15.8 Å². The van der Waals surface area contributed by atoms with E-state index in [0.29, 0.717) is 10.6 Å². The molecule has 0 bridgehead atoms. The highest BCUT2D eigenvalue weighted by molar-refractivity contribution is 6.30. The summed E-state index contributed by atoms with van der Waals surface area (Å²) in [6.07, 6.45) is -4.64. The minimum absolute atomic E-state index is 0.0301. The standard InChI is InChI=1S/C18H16ClF3N2O2/c1-11(25)23-16(12-5-7-14(19)8-6-12)10-17(26)24-15-4-2-3-13(9-15)18(20,21)22/h2-9,16H,10H2,1H3,(H,23,25)(H,24,26)/t16-/m0/s1. The fourth-order valence-electron chi connectivity index (χ4n) is 2.36. The SMILES string of the molecule is CC(=O)N[C@@H](CC(=O)Nc1cccc(C(F)(F)F)c1)c1ccc(Cl)cc1. The van der Waals surface area contributed by atoms with Crippen LogP contribution in [0, 0.1) is 0 Å². The molecule has 2 aromatic carbocycles. The van der Waals surface area contributed by atoms with Gasteiger partial charge in [0.2, 0.25) is 11.8 Å². The monoisotopic (exact) mass is 384 g/mol. The predicted octanol–water partition coefficient (Wildman–Crippen LogP) is 4.56. The first kappa shape index (κ1) is 19.8. The van der Waals surface area contributed by atoms with Gasteiger partial charge in [-0.3, -0.25) is 9.59 Å². The highest BCUT2D eigenvalue weighted by atomic mass is 35.5. The Labute approximate surface area is 153 Å². The minimum Gasteiger partial charge on any atom is -0.349 e. The summed E-state index contributed by atoms with van der Waals surface area (Å²) < 4.78 is 38.2. The van der Waals surface area contributed by atoms with Gasteiger partial charge in [-0.25, -0.2) is 0 Å². The number of alkyl halides is 3. The number of hydrogen-bond acceptors (Lipinski definition) is 2. The van der Waals surface area contributed by atoms with Gasteiger partial charge in [0.05, 0.1) is 18.0 Å². The van der Waals surface area contributed by atoms with Gasteiger partial charge >= 0.3 is 6.18 Å². The molecule has 2 aromatic rings. The Kier molecular flexibility index (Phi) is 6.26. The third-order valence-electron chi connectivity index (χ3n) is 3.51. The van der Waals surface area contributed by atoms with E-state index in [9.17, 15) is 22.8 Å². The van der Waals surface area contributed by atoms with E-state index in [0.717, 1.165) is 12.1 Å². The molecule has 2 rings (SSSR count). The van der Waals surface area contributed by atoms with Crippen LogP contribution in [0.3, 0.4) is 0 Å². The van der Waals surface area contributed by atoms with E-state index in [1.54, 1.807) is 24.3 Å². The summed E-state index contributed by atoms with van der Waals surface area (Å²) in [5.74, 6) is -0.866. The molecule has 2 N–H and O–H groups in total. The zero-order chi connectivity index (χ0) is 19.3. The summed E-state index contributed by atoms with van der Waals surface area (Å²) in [4.78, 5) is 23.6. The Morgan fingerprint density at radius 3 is 2.35 bits per heavy atom. The third-order valence-corrected chi connectivity index (χ3v) is 3.77. The number of benzene rings is 2. The fraction of sp³-hybridized carbons (Fsp3) is 0.222. The molecule has 0 saturated heterocycles. The van der Waals surface area contributed by atoms with E-state index in [-0.39, 0.29) is 18.0 Å². The summed E-state index contributed by atoms with van der Waals surface area (Å²) >= 11 is 5.83. The van der Waals surface area contributed by atoms with Gasteiger partial charge in [0.15, 0.2) is 0 Å². The van der Waals surface area contributed by atoms with Crippen LogP contribution >= 0.6 is 11.6 Å².